The van der Waals surface area contributed by atoms with Crippen molar-refractivity contribution in [2.75, 3.05) is 40.0 Å². The molecule has 5 N–H and O–H groups in total. The summed E-state index contributed by atoms with van der Waals surface area (Å²) in [6.45, 7) is 5.30. The summed E-state index contributed by atoms with van der Waals surface area (Å²) in [5.41, 5.74) is 11.3. The van der Waals surface area contributed by atoms with Gasteiger partial charge in [-0.1, -0.05) is 55.8 Å². The zero-order valence-corrected chi connectivity index (χ0v) is 25.0. The van der Waals surface area contributed by atoms with E-state index in [1.165, 1.54) is 19.3 Å². The van der Waals surface area contributed by atoms with Crippen LogP contribution in [0.3, 0.4) is 0 Å². The Balaban J connectivity index is 0.00000237. The summed E-state index contributed by atoms with van der Waals surface area (Å²) in [4.78, 5) is 16.9. The van der Waals surface area contributed by atoms with Gasteiger partial charge in [0.15, 0.2) is 5.82 Å². The first-order valence-electron chi connectivity index (χ1n) is 14.1. The number of amides is 1. The van der Waals surface area contributed by atoms with Crippen LogP contribution in [0.4, 0.5) is 8.78 Å². The highest BCUT2D eigenvalue weighted by atomic mass is 35.5. The van der Waals surface area contributed by atoms with E-state index >= 15 is 8.78 Å². The molecule has 2 aromatic carbocycles. The van der Waals surface area contributed by atoms with E-state index in [-0.39, 0.29) is 53.0 Å². The van der Waals surface area contributed by atoms with Gasteiger partial charge in [-0.3, -0.25) is 4.79 Å². The van der Waals surface area contributed by atoms with Crippen molar-refractivity contribution in [2.24, 2.45) is 11.5 Å². The molecular weight excluding hydrogens is 566 g/mol. The van der Waals surface area contributed by atoms with Gasteiger partial charge in [0.1, 0.15) is 23.8 Å². The highest BCUT2D eigenvalue weighted by Crippen LogP contribution is 2.51. The predicted octanol–water partition coefficient (Wildman–Crippen LogP) is 5.38. The van der Waals surface area contributed by atoms with E-state index in [0.717, 1.165) is 18.4 Å². The van der Waals surface area contributed by atoms with Gasteiger partial charge in [-0.2, -0.15) is 0 Å². The van der Waals surface area contributed by atoms with Crippen molar-refractivity contribution in [3.8, 4) is 22.8 Å². The topological polar surface area (TPSA) is 122 Å². The lowest BCUT2D eigenvalue weighted by Crippen LogP contribution is -2.31. The summed E-state index contributed by atoms with van der Waals surface area (Å²) in [5, 5.41) is 2.15. The second-order valence-electron chi connectivity index (χ2n) is 9.40. The minimum absolute atomic E-state index is 0.0148. The van der Waals surface area contributed by atoms with Gasteiger partial charge in [0.2, 0.25) is 0 Å². The number of rotatable bonds is 13. The average Bonchev–Trinajstić information content (AvgIpc) is 3.38. The number of nitrogens with one attached hydrogen (secondary N) is 1. The fraction of sp³-hybridized carbons (Fsp3) is 0.419. The maximum absolute atomic E-state index is 16.2. The molecule has 0 fully saturated rings. The standard InChI is InChI=1S/C29H33ClF2N4O4.C2H6/c1-35-27(37)20-17-36-28(39-14-13-38-12-11-34)26(32)24(20)23-19-16-29(9-5-6-10-33,18-7-3-2-4-8-18)40-22(19)15-21(31)25(23)30;1-2/h2-4,7-8,15,17H,5-6,9-14,16,33-34H2,1H3,(H,35,37);1-2H3. The number of halogens is 3. The molecular formula is C31H39ClF2N4O4. The second kappa shape index (κ2) is 15.8. The number of nitrogens with two attached hydrogens (primary N) is 2. The summed E-state index contributed by atoms with van der Waals surface area (Å²) in [5.74, 6) is -2.52. The summed E-state index contributed by atoms with van der Waals surface area (Å²) in [6, 6.07) is 10.8. The van der Waals surface area contributed by atoms with Gasteiger partial charge in [-0.25, -0.2) is 13.8 Å². The molecule has 2 heterocycles. The smallest absolute Gasteiger partial charge is 0.253 e. The van der Waals surface area contributed by atoms with Crippen molar-refractivity contribution in [1.29, 1.82) is 0 Å². The Morgan fingerprint density at radius 3 is 2.50 bits per heavy atom. The van der Waals surface area contributed by atoms with Crippen LogP contribution in [0, 0.1) is 11.6 Å². The van der Waals surface area contributed by atoms with Crippen LogP contribution in [0.5, 0.6) is 11.6 Å². The van der Waals surface area contributed by atoms with Crippen LogP contribution >= 0.6 is 11.6 Å². The van der Waals surface area contributed by atoms with Crippen molar-refractivity contribution in [2.45, 2.75) is 45.1 Å². The third-order valence-electron chi connectivity index (χ3n) is 6.83. The molecule has 1 aliphatic heterocycles. The summed E-state index contributed by atoms with van der Waals surface area (Å²) in [6.07, 6.45) is 3.56. The van der Waals surface area contributed by atoms with Crippen molar-refractivity contribution < 1.29 is 27.8 Å². The first-order chi connectivity index (χ1) is 20.4. The minimum Gasteiger partial charge on any atom is -0.482 e. The predicted molar refractivity (Wildman–Crippen MR) is 160 cm³/mol. The molecule has 4 rings (SSSR count). The first-order valence-corrected chi connectivity index (χ1v) is 14.5. The normalized spacial score (nSPS) is 15.3. The molecule has 1 amide bonds. The molecule has 8 nitrogen and oxygen atoms in total. The highest BCUT2D eigenvalue weighted by molar-refractivity contribution is 6.34. The Bertz CT molecular complexity index is 1350. The minimum atomic E-state index is -0.949. The number of carbonyl (C=O) groups excluding carboxylic acids is 1. The Hall–Kier alpha value is -3.31. The highest BCUT2D eigenvalue weighted by Gasteiger charge is 2.43. The maximum Gasteiger partial charge on any atom is 0.253 e. The molecule has 1 aromatic heterocycles. The summed E-state index contributed by atoms with van der Waals surface area (Å²) in [7, 11) is 1.40. The molecule has 0 bridgehead atoms. The van der Waals surface area contributed by atoms with Crippen molar-refractivity contribution in [3.63, 3.8) is 0 Å². The molecule has 3 aromatic rings. The number of pyridine rings is 1. The van der Waals surface area contributed by atoms with Crippen LogP contribution in [-0.4, -0.2) is 50.8 Å². The lowest BCUT2D eigenvalue weighted by molar-refractivity contribution is 0.0793. The van der Waals surface area contributed by atoms with Crippen LogP contribution in [-0.2, 0) is 16.8 Å². The van der Waals surface area contributed by atoms with Crippen LogP contribution in [0.2, 0.25) is 5.02 Å². The van der Waals surface area contributed by atoms with Crippen LogP contribution < -0.4 is 26.3 Å². The average molecular weight is 605 g/mol. The number of hydrogen-bond acceptors (Lipinski definition) is 7. The fourth-order valence-corrected chi connectivity index (χ4v) is 5.21. The molecule has 0 aliphatic carbocycles. The molecule has 11 heteroatoms. The summed E-state index contributed by atoms with van der Waals surface area (Å²) >= 11 is 6.54. The number of fused-ring (bicyclic) bond motifs is 1. The monoisotopic (exact) mass is 604 g/mol. The second-order valence-corrected chi connectivity index (χ2v) is 9.78. The van der Waals surface area contributed by atoms with Crippen LogP contribution in [0.25, 0.3) is 11.1 Å². The Morgan fingerprint density at radius 2 is 1.83 bits per heavy atom. The van der Waals surface area contributed by atoms with E-state index < -0.39 is 23.1 Å². The van der Waals surface area contributed by atoms with Gasteiger partial charge in [0.25, 0.3) is 11.8 Å². The molecule has 0 spiro atoms. The van der Waals surface area contributed by atoms with Gasteiger partial charge >= 0.3 is 0 Å². The molecule has 42 heavy (non-hydrogen) atoms. The van der Waals surface area contributed by atoms with Crippen molar-refractivity contribution in [3.05, 3.63) is 75.9 Å². The van der Waals surface area contributed by atoms with E-state index in [1.807, 2.05) is 44.2 Å². The fourth-order valence-electron chi connectivity index (χ4n) is 4.95. The Kier molecular flexibility index (Phi) is 12.5. The SMILES string of the molecule is CC.CNC(=O)c1cnc(OCCOCCN)c(F)c1-c1c(Cl)c(F)cc2c1CC(CCCCN)(c1ccccc1)O2. The Morgan fingerprint density at radius 1 is 1.10 bits per heavy atom. The van der Waals surface area contributed by atoms with Crippen LogP contribution in [0.15, 0.2) is 42.6 Å². The number of aromatic nitrogens is 1. The van der Waals surface area contributed by atoms with E-state index in [1.54, 1.807) is 0 Å². The molecule has 0 saturated heterocycles. The van der Waals surface area contributed by atoms with E-state index in [4.69, 9.17) is 37.3 Å². The largest absolute Gasteiger partial charge is 0.482 e. The lowest BCUT2D eigenvalue weighted by atomic mass is 9.82. The van der Waals surface area contributed by atoms with E-state index in [2.05, 4.69) is 10.3 Å². The van der Waals surface area contributed by atoms with Gasteiger partial charge in [-0.15, -0.1) is 0 Å². The first kappa shape index (κ1) is 33.2. The molecule has 0 saturated carbocycles. The van der Waals surface area contributed by atoms with Gasteiger partial charge in [-0.05, 0) is 31.4 Å². The van der Waals surface area contributed by atoms with Gasteiger partial charge in [0.05, 0.1) is 23.8 Å². The zero-order chi connectivity index (χ0) is 30.7. The molecule has 0 radical (unpaired) electrons. The molecule has 1 atom stereocenters. The number of nitrogens with zero attached hydrogens (tertiary/aromatic N) is 1. The number of benzene rings is 2. The third kappa shape index (κ3) is 7.18. The molecule has 1 unspecified atom stereocenters. The van der Waals surface area contributed by atoms with E-state index in [9.17, 15) is 4.79 Å². The number of carbonyl (C=O) groups is 1. The number of hydrogen-bond donors (Lipinski definition) is 3. The maximum atomic E-state index is 16.2. The van der Waals surface area contributed by atoms with E-state index in [0.29, 0.717) is 31.7 Å². The lowest BCUT2D eigenvalue weighted by Gasteiger charge is -2.29. The van der Waals surface area contributed by atoms with Crippen LogP contribution in [0.1, 0.15) is 54.6 Å². The van der Waals surface area contributed by atoms with Crippen molar-refractivity contribution >= 4 is 17.5 Å². The number of unbranched alkanes of at least 4 members (excludes halogenated alkanes) is 1. The number of ether oxygens (including phenoxy) is 3. The molecule has 228 valence electrons. The molecule has 1 aliphatic rings. The van der Waals surface area contributed by atoms with Gasteiger partial charge < -0.3 is 31.0 Å². The summed E-state index contributed by atoms with van der Waals surface area (Å²) < 4.78 is 48.8. The van der Waals surface area contributed by atoms with Crippen molar-refractivity contribution in [1.82, 2.24) is 10.3 Å². The quantitative estimate of drug-likeness (QED) is 0.224. The third-order valence-corrected chi connectivity index (χ3v) is 7.20. The Labute approximate surface area is 250 Å². The van der Waals surface area contributed by atoms with Gasteiger partial charge in [0, 0.05) is 49.0 Å². The zero-order valence-electron chi connectivity index (χ0n) is 24.3.